The van der Waals surface area contributed by atoms with Crippen LogP contribution in [0.25, 0.3) is 10.2 Å². The number of aromatic nitrogens is 1. The maximum Gasteiger partial charge on any atom is 0.211 e. The summed E-state index contributed by atoms with van der Waals surface area (Å²) in [6.07, 6.45) is 0. The number of hydrogen-bond acceptors (Lipinski definition) is 5. The number of fused-ring (bicyclic) bond motifs is 1. The van der Waals surface area contributed by atoms with Crippen molar-refractivity contribution >= 4 is 38.6 Å². The Bertz CT molecular complexity index is 1220. The van der Waals surface area contributed by atoms with Gasteiger partial charge in [0.25, 0.3) is 0 Å². The SMILES string of the molecule is CN(C)c1ccc(C(=N/N=c2/sc3ccccc3n2C)c2ccc(N(C)C)cc2)cc1. The summed E-state index contributed by atoms with van der Waals surface area (Å²) in [7, 11) is 10.2. The van der Waals surface area contributed by atoms with E-state index in [2.05, 4.69) is 86.2 Å². The van der Waals surface area contributed by atoms with E-state index in [-0.39, 0.29) is 0 Å². The first-order valence-electron chi connectivity index (χ1n) is 10.2. The summed E-state index contributed by atoms with van der Waals surface area (Å²) in [5, 5.41) is 9.40. The lowest BCUT2D eigenvalue weighted by Gasteiger charge is -2.15. The van der Waals surface area contributed by atoms with Crippen molar-refractivity contribution in [1.29, 1.82) is 0 Å². The standard InChI is InChI=1S/C25H27N5S/c1-28(2)20-14-10-18(11-15-20)24(19-12-16-21(17-13-19)29(3)4)26-27-25-30(5)22-8-6-7-9-23(22)31-25/h6-17H,1-5H3/b27-25+. The smallest absolute Gasteiger partial charge is 0.211 e. The van der Waals surface area contributed by atoms with Crippen molar-refractivity contribution < 1.29 is 0 Å². The minimum atomic E-state index is 0.855. The molecule has 0 aliphatic heterocycles. The third kappa shape index (κ3) is 4.39. The first-order valence-corrected chi connectivity index (χ1v) is 11.0. The molecule has 158 valence electrons. The fraction of sp³-hybridized carbons (Fsp3) is 0.200. The molecular weight excluding hydrogens is 402 g/mol. The average molecular weight is 430 g/mol. The van der Waals surface area contributed by atoms with E-state index in [0.717, 1.165) is 38.5 Å². The van der Waals surface area contributed by atoms with E-state index in [1.807, 2.05) is 41.3 Å². The van der Waals surface area contributed by atoms with E-state index in [4.69, 9.17) is 5.10 Å². The van der Waals surface area contributed by atoms with Crippen molar-refractivity contribution in [1.82, 2.24) is 4.57 Å². The first kappa shape index (κ1) is 20.9. The highest BCUT2D eigenvalue weighted by molar-refractivity contribution is 7.16. The zero-order valence-electron chi connectivity index (χ0n) is 18.6. The Morgan fingerprint density at radius 3 is 1.74 bits per heavy atom. The van der Waals surface area contributed by atoms with Crippen molar-refractivity contribution in [3.63, 3.8) is 0 Å². The molecule has 4 rings (SSSR count). The molecule has 1 heterocycles. The predicted octanol–water partition coefficient (Wildman–Crippen LogP) is 4.73. The quantitative estimate of drug-likeness (QED) is 0.340. The van der Waals surface area contributed by atoms with Gasteiger partial charge < -0.3 is 14.4 Å². The molecule has 0 aliphatic carbocycles. The number of thiazole rings is 1. The second-order valence-electron chi connectivity index (χ2n) is 7.84. The van der Waals surface area contributed by atoms with E-state index in [0.29, 0.717) is 0 Å². The summed E-state index contributed by atoms with van der Waals surface area (Å²) in [6.45, 7) is 0. The Labute approximate surface area is 187 Å². The van der Waals surface area contributed by atoms with Gasteiger partial charge in [0, 0.05) is 57.7 Å². The van der Waals surface area contributed by atoms with Crippen LogP contribution in [-0.2, 0) is 7.05 Å². The highest BCUT2D eigenvalue weighted by atomic mass is 32.1. The summed E-state index contributed by atoms with van der Waals surface area (Å²) < 4.78 is 3.29. The Morgan fingerprint density at radius 2 is 1.26 bits per heavy atom. The molecule has 0 atom stereocenters. The second kappa shape index (κ2) is 8.78. The van der Waals surface area contributed by atoms with Crippen LogP contribution < -0.4 is 14.6 Å². The molecule has 0 fully saturated rings. The summed E-state index contributed by atoms with van der Waals surface area (Å²) in [5.74, 6) is 0. The van der Waals surface area contributed by atoms with E-state index < -0.39 is 0 Å². The maximum absolute atomic E-state index is 4.74. The predicted molar refractivity (Wildman–Crippen MR) is 134 cm³/mol. The lowest BCUT2D eigenvalue weighted by Crippen LogP contribution is -2.12. The van der Waals surface area contributed by atoms with E-state index in [1.165, 1.54) is 4.70 Å². The molecule has 31 heavy (non-hydrogen) atoms. The van der Waals surface area contributed by atoms with E-state index in [1.54, 1.807) is 11.3 Å². The molecule has 0 unspecified atom stereocenters. The van der Waals surface area contributed by atoms with Crippen molar-refractivity contribution in [3.8, 4) is 0 Å². The highest BCUT2D eigenvalue weighted by Crippen LogP contribution is 2.20. The van der Waals surface area contributed by atoms with Crippen LogP contribution in [-0.4, -0.2) is 38.5 Å². The molecule has 6 heteroatoms. The first-order chi connectivity index (χ1) is 14.9. The number of hydrogen-bond donors (Lipinski definition) is 0. The summed E-state index contributed by atoms with van der Waals surface area (Å²) in [5.41, 5.74) is 6.39. The molecule has 0 radical (unpaired) electrons. The summed E-state index contributed by atoms with van der Waals surface area (Å²) in [4.78, 5) is 5.05. The van der Waals surface area contributed by atoms with Crippen molar-refractivity contribution in [2.24, 2.45) is 17.3 Å². The van der Waals surface area contributed by atoms with Crippen LogP contribution in [0.1, 0.15) is 11.1 Å². The van der Waals surface area contributed by atoms with Gasteiger partial charge in [0.2, 0.25) is 4.80 Å². The van der Waals surface area contributed by atoms with Crippen LogP contribution >= 0.6 is 11.3 Å². The molecule has 0 bridgehead atoms. The molecule has 0 saturated carbocycles. The molecule has 5 nitrogen and oxygen atoms in total. The average Bonchev–Trinajstić information content (AvgIpc) is 3.10. The van der Waals surface area contributed by atoms with Gasteiger partial charge in [-0.3, -0.25) is 0 Å². The highest BCUT2D eigenvalue weighted by Gasteiger charge is 2.09. The van der Waals surface area contributed by atoms with Crippen LogP contribution in [0.5, 0.6) is 0 Å². The summed E-state index contributed by atoms with van der Waals surface area (Å²) >= 11 is 1.64. The van der Waals surface area contributed by atoms with Crippen LogP contribution in [0.3, 0.4) is 0 Å². The number of nitrogens with zero attached hydrogens (tertiary/aromatic N) is 5. The second-order valence-corrected chi connectivity index (χ2v) is 8.85. The Morgan fingerprint density at radius 1 is 0.742 bits per heavy atom. The minimum Gasteiger partial charge on any atom is -0.378 e. The van der Waals surface area contributed by atoms with Crippen LogP contribution in [0.4, 0.5) is 11.4 Å². The van der Waals surface area contributed by atoms with Crippen molar-refractivity contribution in [2.45, 2.75) is 0 Å². The van der Waals surface area contributed by atoms with Gasteiger partial charge in [0.1, 0.15) is 5.71 Å². The molecule has 4 aromatic rings. The molecule has 0 aliphatic rings. The minimum absolute atomic E-state index is 0.855. The largest absolute Gasteiger partial charge is 0.378 e. The van der Waals surface area contributed by atoms with Crippen molar-refractivity contribution in [3.05, 3.63) is 88.7 Å². The van der Waals surface area contributed by atoms with Crippen LogP contribution in [0.15, 0.2) is 83.0 Å². The molecular formula is C25H27N5S. The monoisotopic (exact) mass is 429 g/mol. The lowest BCUT2D eigenvalue weighted by molar-refractivity contribution is 0.888. The molecule has 0 amide bonds. The Balaban J connectivity index is 1.83. The maximum atomic E-state index is 4.74. The van der Waals surface area contributed by atoms with Gasteiger partial charge in [0.15, 0.2) is 0 Å². The zero-order chi connectivity index (χ0) is 22.0. The van der Waals surface area contributed by atoms with Gasteiger partial charge in [-0.25, -0.2) is 0 Å². The van der Waals surface area contributed by atoms with Gasteiger partial charge in [-0.15, -0.1) is 10.2 Å². The van der Waals surface area contributed by atoms with Gasteiger partial charge in [0.05, 0.1) is 10.2 Å². The number of para-hydroxylation sites is 1. The molecule has 3 aromatic carbocycles. The number of benzene rings is 3. The molecule has 0 spiro atoms. The Hall–Kier alpha value is -3.38. The third-order valence-corrected chi connectivity index (χ3v) is 6.37. The fourth-order valence-electron chi connectivity index (χ4n) is 3.39. The van der Waals surface area contributed by atoms with E-state index in [9.17, 15) is 0 Å². The lowest BCUT2D eigenvalue weighted by atomic mass is 10.0. The fourth-order valence-corrected chi connectivity index (χ4v) is 4.36. The number of aryl methyl sites for hydroxylation is 1. The normalized spacial score (nSPS) is 11.6. The van der Waals surface area contributed by atoms with Gasteiger partial charge in [-0.05, 0) is 36.4 Å². The van der Waals surface area contributed by atoms with Crippen LogP contribution in [0, 0.1) is 0 Å². The Kier molecular flexibility index (Phi) is 5.91. The van der Waals surface area contributed by atoms with E-state index >= 15 is 0 Å². The van der Waals surface area contributed by atoms with Gasteiger partial charge in [-0.1, -0.05) is 47.7 Å². The topological polar surface area (TPSA) is 36.1 Å². The molecule has 0 saturated heterocycles. The van der Waals surface area contributed by atoms with Crippen molar-refractivity contribution in [2.75, 3.05) is 38.0 Å². The van der Waals surface area contributed by atoms with Gasteiger partial charge >= 0.3 is 0 Å². The number of anilines is 2. The molecule has 0 N–H and O–H groups in total. The number of rotatable bonds is 5. The molecule has 1 aromatic heterocycles. The zero-order valence-corrected chi connectivity index (χ0v) is 19.4. The third-order valence-electron chi connectivity index (χ3n) is 5.26. The van der Waals surface area contributed by atoms with Crippen LogP contribution in [0.2, 0.25) is 0 Å². The summed E-state index contributed by atoms with van der Waals surface area (Å²) in [6, 6.07) is 25.2. The van der Waals surface area contributed by atoms with Gasteiger partial charge in [-0.2, -0.15) is 0 Å².